The van der Waals surface area contributed by atoms with E-state index >= 15 is 0 Å². The van der Waals surface area contributed by atoms with E-state index in [1.165, 1.54) is 50.3 Å². The van der Waals surface area contributed by atoms with Crippen LogP contribution >= 0.6 is 11.8 Å². The first kappa shape index (κ1) is 16.9. The molecule has 1 saturated carbocycles. The Balaban J connectivity index is 1.25. The molecule has 26 heavy (non-hydrogen) atoms. The van der Waals surface area contributed by atoms with Crippen LogP contribution in [0, 0.1) is 5.92 Å². The lowest BCUT2D eigenvalue weighted by Crippen LogP contribution is -2.51. The minimum absolute atomic E-state index is 0.121. The number of thioether (sulfide) groups is 1. The third-order valence-corrected chi connectivity index (χ3v) is 7.93. The van der Waals surface area contributed by atoms with Gasteiger partial charge in [-0.3, -0.25) is 10.0 Å². The summed E-state index contributed by atoms with van der Waals surface area (Å²) < 4.78 is 0. The molecule has 1 amide bonds. The second kappa shape index (κ2) is 6.73. The predicted molar refractivity (Wildman–Crippen MR) is 104 cm³/mol. The van der Waals surface area contributed by atoms with Crippen molar-refractivity contribution in [1.82, 2.24) is 4.90 Å². The Morgan fingerprint density at radius 2 is 1.85 bits per heavy atom. The monoisotopic (exact) mass is 373 g/mol. The van der Waals surface area contributed by atoms with Gasteiger partial charge < -0.3 is 9.80 Å². The predicted octanol–water partition coefficient (Wildman–Crippen LogP) is 3.71. The second-order valence-electron chi connectivity index (χ2n) is 8.14. The van der Waals surface area contributed by atoms with Gasteiger partial charge in [0.05, 0.1) is 5.69 Å². The lowest BCUT2D eigenvalue weighted by molar-refractivity contribution is -0.117. The van der Waals surface area contributed by atoms with E-state index in [0.717, 1.165) is 35.3 Å². The molecular formula is C20H27N3O2S. The van der Waals surface area contributed by atoms with Gasteiger partial charge in [0, 0.05) is 29.6 Å². The fraction of sp³-hybridized carbons (Fsp3) is 0.650. The van der Waals surface area contributed by atoms with E-state index in [9.17, 15) is 10.0 Å². The molecule has 5 rings (SSSR count). The SMILES string of the molecule is O=C1CCCN1c1ccc2c(c1)SC(C1CC(N3CCCCC3)C1)N2O. The third-order valence-electron chi connectivity index (χ3n) is 6.52. The van der Waals surface area contributed by atoms with E-state index in [-0.39, 0.29) is 11.3 Å². The number of nitrogens with zero attached hydrogens (tertiary/aromatic N) is 3. The van der Waals surface area contributed by atoms with Crippen LogP contribution in [-0.4, -0.2) is 47.1 Å². The number of hydrogen-bond donors (Lipinski definition) is 1. The summed E-state index contributed by atoms with van der Waals surface area (Å²) in [7, 11) is 0. The zero-order chi connectivity index (χ0) is 17.7. The topological polar surface area (TPSA) is 47.0 Å². The molecule has 3 heterocycles. The number of carbonyl (C=O) groups is 1. The van der Waals surface area contributed by atoms with Crippen LogP contribution in [0.25, 0.3) is 0 Å². The number of hydrogen-bond acceptors (Lipinski definition) is 5. The van der Waals surface area contributed by atoms with E-state index in [4.69, 9.17) is 0 Å². The van der Waals surface area contributed by atoms with Crippen molar-refractivity contribution in [3.63, 3.8) is 0 Å². The molecule has 0 bridgehead atoms. The largest absolute Gasteiger partial charge is 0.312 e. The molecule has 1 aromatic carbocycles. The lowest BCUT2D eigenvalue weighted by Gasteiger charge is -2.47. The second-order valence-corrected chi connectivity index (χ2v) is 9.29. The highest BCUT2D eigenvalue weighted by Gasteiger charge is 2.44. The Morgan fingerprint density at radius 1 is 1.04 bits per heavy atom. The molecule has 140 valence electrons. The van der Waals surface area contributed by atoms with Crippen LogP contribution in [0.1, 0.15) is 44.9 Å². The van der Waals surface area contributed by atoms with E-state index in [1.807, 2.05) is 17.0 Å². The molecular weight excluding hydrogens is 346 g/mol. The Labute approximate surface area is 159 Å². The lowest BCUT2D eigenvalue weighted by atomic mass is 9.78. The molecule has 1 N–H and O–H groups in total. The number of likely N-dealkylation sites (tertiary alicyclic amines) is 1. The minimum atomic E-state index is 0.121. The van der Waals surface area contributed by atoms with Gasteiger partial charge >= 0.3 is 0 Å². The van der Waals surface area contributed by atoms with Gasteiger partial charge in [0.2, 0.25) is 5.91 Å². The van der Waals surface area contributed by atoms with Gasteiger partial charge in [-0.25, -0.2) is 5.06 Å². The number of fused-ring (bicyclic) bond motifs is 1. The first-order chi connectivity index (χ1) is 12.7. The number of hydroxylamine groups is 1. The number of anilines is 2. The number of amides is 1. The van der Waals surface area contributed by atoms with Gasteiger partial charge in [0.25, 0.3) is 0 Å². The number of benzene rings is 1. The summed E-state index contributed by atoms with van der Waals surface area (Å²) in [5.41, 5.74) is 1.88. The van der Waals surface area contributed by atoms with Crippen LogP contribution in [0.4, 0.5) is 11.4 Å². The maximum atomic E-state index is 12.0. The molecule has 2 saturated heterocycles. The maximum Gasteiger partial charge on any atom is 0.227 e. The molecule has 1 aromatic rings. The van der Waals surface area contributed by atoms with Gasteiger partial charge in [-0.1, -0.05) is 18.2 Å². The Morgan fingerprint density at radius 3 is 2.58 bits per heavy atom. The summed E-state index contributed by atoms with van der Waals surface area (Å²) in [4.78, 5) is 17.7. The summed E-state index contributed by atoms with van der Waals surface area (Å²) in [5.74, 6) is 0.759. The van der Waals surface area contributed by atoms with Gasteiger partial charge in [0.15, 0.2) is 0 Å². The van der Waals surface area contributed by atoms with Crippen molar-refractivity contribution >= 4 is 29.0 Å². The van der Waals surface area contributed by atoms with Crippen LogP contribution in [0.15, 0.2) is 23.1 Å². The van der Waals surface area contributed by atoms with Crippen molar-refractivity contribution in [2.75, 3.05) is 29.6 Å². The van der Waals surface area contributed by atoms with Crippen LogP contribution < -0.4 is 9.96 Å². The Bertz CT molecular complexity index is 700. The van der Waals surface area contributed by atoms with Crippen LogP contribution in [0.3, 0.4) is 0 Å². The molecule has 4 aliphatic rings. The van der Waals surface area contributed by atoms with Crippen molar-refractivity contribution in [3.05, 3.63) is 18.2 Å². The fourth-order valence-corrected chi connectivity index (χ4v) is 6.29. The smallest absolute Gasteiger partial charge is 0.227 e. The van der Waals surface area contributed by atoms with Gasteiger partial charge in [0.1, 0.15) is 5.37 Å². The first-order valence-corrected chi connectivity index (χ1v) is 10.9. The summed E-state index contributed by atoms with van der Waals surface area (Å²) in [5, 5.41) is 12.3. The molecule has 1 unspecified atom stereocenters. The van der Waals surface area contributed by atoms with Crippen molar-refractivity contribution in [1.29, 1.82) is 0 Å². The number of carbonyl (C=O) groups excluding carboxylic acids is 1. The van der Waals surface area contributed by atoms with Crippen LogP contribution in [0.2, 0.25) is 0 Å². The average Bonchev–Trinajstić information content (AvgIpc) is 3.18. The number of rotatable bonds is 3. The summed E-state index contributed by atoms with van der Waals surface area (Å²) in [6.07, 6.45) is 8.05. The molecule has 1 atom stereocenters. The van der Waals surface area contributed by atoms with E-state index in [2.05, 4.69) is 11.0 Å². The van der Waals surface area contributed by atoms with Crippen molar-refractivity contribution in [2.45, 2.75) is 61.3 Å². The molecule has 3 aliphatic heterocycles. The minimum Gasteiger partial charge on any atom is -0.312 e. The van der Waals surface area contributed by atoms with Gasteiger partial charge in [-0.2, -0.15) is 0 Å². The average molecular weight is 374 g/mol. The van der Waals surface area contributed by atoms with Crippen molar-refractivity contribution < 1.29 is 10.0 Å². The molecule has 0 aromatic heterocycles. The third kappa shape index (κ3) is 2.83. The molecule has 0 radical (unpaired) electrons. The normalized spacial score (nSPS) is 32.0. The maximum absolute atomic E-state index is 12.0. The number of piperidine rings is 1. The molecule has 3 fully saturated rings. The highest BCUT2D eigenvalue weighted by Crippen LogP contribution is 2.51. The summed E-state index contributed by atoms with van der Waals surface area (Å²) in [6.45, 7) is 3.33. The summed E-state index contributed by atoms with van der Waals surface area (Å²) >= 11 is 1.77. The molecule has 1 aliphatic carbocycles. The zero-order valence-electron chi connectivity index (χ0n) is 15.1. The Kier molecular flexibility index (Phi) is 4.38. The first-order valence-electron chi connectivity index (χ1n) is 10.0. The molecule has 6 heteroatoms. The van der Waals surface area contributed by atoms with Crippen molar-refractivity contribution in [3.8, 4) is 0 Å². The molecule has 5 nitrogen and oxygen atoms in total. The highest BCUT2D eigenvalue weighted by atomic mass is 32.2. The van der Waals surface area contributed by atoms with E-state index in [1.54, 1.807) is 11.8 Å². The summed E-state index contributed by atoms with van der Waals surface area (Å²) in [6, 6.07) is 6.76. The van der Waals surface area contributed by atoms with E-state index < -0.39 is 0 Å². The Hall–Kier alpha value is -1.24. The van der Waals surface area contributed by atoms with Crippen LogP contribution in [0.5, 0.6) is 0 Å². The standard InChI is InChI=1S/C20H27N3O2S/c24-19-5-4-10-22(19)15-6-7-17-18(13-15)26-20(23(17)25)14-11-16(12-14)21-8-2-1-3-9-21/h6-7,13-14,16,20,25H,1-5,8-12H2. The fourth-order valence-electron chi connectivity index (χ4n) is 4.93. The van der Waals surface area contributed by atoms with Crippen LogP contribution in [-0.2, 0) is 4.79 Å². The van der Waals surface area contributed by atoms with Crippen molar-refractivity contribution in [2.24, 2.45) is 5.92 Å². The highest BCUT2D eigenvalue weighted by molar-refractivity contribution is 8.00. The van der Waals surface area contributed by atoms with E-state index in [0.29, 0.717) is 12.3 Å². The van der Waals surface area contributed by atoms with Gasteiger partial charge in [-0.15, -0.1) is 0 Å². The zero-order valence-corrected chi connectivity index (χ0v) is 16.0. The van der Waals surface area contributed by atoms with Gasteiger partial charge in [-0.05, 0) is 69.3 Å². The quantitative estimate of drug-likeness (QED) is 0.875. The molecule has 0 spiro atoms.